The van der Waals surface area contributed by atoms with Gasteiger partial charge in [0.1, 0.15) is 17.4 Å². The number of ether oxygens (including phenoxy) is 1. The minimum Gasteiger partial charge on any atom is -0.494 e. The highest BCUT2D eigenvalue weighted by molar-refractivity contribution is 5.84. The highest BCUT2D eigenvalue weighted by Crippen LogP contribution is 2.33. The van der Waals surface area contributed by atoms with Crippen LogP contribution < -0.4 is 10.3 Å². The molecule has 3 heterocycles. The molecule has 0 aliphatic rings. The number of H-pyrrole nitrogens is 1. The quantitative estimate of drug-likeness (QED) is 0.169. The first-order valence-electron chi connectivity index (χ1n) is 14.9. The molecular formula is C35H29F4N5O3. The van der Waals surface area contributed by atoms with Crippen LogP contribution in [0.2, 0.25) is 0 Å². The number of alkyl halides is 3. The third kappa shape index (κ3) is 6.31. The average molecular weight is 644 g/mol. The Hall–Kier alpha value is -5.52. The minimum atomic E-state index is -4.93. The number of pyridine rings is 1. The van der Waals surface area contributed by atoms with Crippen molar-refractivity contribution in [3.8, 4) is 11.4 Å². The summed E-state index contributed by atoms with van der Waals surface area (Å²) in [7, 11) is 0. The zero-order valence-electron chi connectivity index (χ0n) is 25.4. The lowest BCUT2D eigenvalue weighted by molar-refractivity contribution is -0.140. The number of para-hydroxylation sites is 1. The number of hydrogen-bond acceptors (Lipinski definition) is 5. The molecule has 0 saturated heterocycles. The maximum atomic E-state index is 14.1. The molecular weight excluding hydrogens is 614 g/mol. The van der Waals surface area contributed by atoms with Crippen molar-refractivity contribution in [3.05, 3.63) is 130 Å². The highest BCUT2D eigenvalue weighted by Gasteiger charge is 2.35. The number of carbonyl (C=O) groups excluding carboxylic acids is 1. The third-order valence-corrected chi connectivity index (χ3v) is 7.94. The standard InChI is InChI=1S/C35H29F4N5O3/c1-3-47-25-13-11-24(12-14-25)44-33(42-32-27(34(44)46)8-6-16-40-32)21(2)43(20-23-19-41-30-9-5-4-7-26(23)30)31(45)18-22-10-15-29(36)28(17-22)35(37,38)39/h4-17,19,21,41H,3,18,20H2,1-2H3/t21-/m1/s1. The van der Waals surface area contributed by atoms with Crippen LogP contribution in [0.25, 0.3) is 27.6 Å². The monoisotopic (exact) mass is 643 g/mol. The van der Waals surface area contributed by atoms with E-state index < -0.39 is 41.5 Å². The number of fused-ring (bicyclic) bond motifs is 2. The smallest absolute Gasteiger partial charge is 0.419 e. The minimum absolute atomic E-state index is 0.0168. The summed E-state index contributed by atoms with van der Waals surface area (Å²) in [6.45, 7) is 4.03. The molecule has 47 heavy (non-hydrogen) atoms. The molecule has 0 spiro atoms. The van der Waals surface area contributed by atoms with E-state index in [-0.39, 0.29) is 29.0 Å². The first kappa shape index (κ1) is 31.5. The Morgan fingerprint density at radius 2 is 1.77 bits per heavy atom. The third-order valence-electron chi connectivity index (χ3n) is 7.94. The highest BCUT2D eigenvalue weighted by atomic mass is 19.4. The molecule has 6 rings (SSSR count). The molecule has 8 nitrogen and oxygen atoms in total. The van der Waals surface area contributed by atoms with Gasteiger partial charge in [-0.2, -0.15) is 13.2 Å². The van der Waals surface area contributed by atoms with E-state index in [0.29, 0.717) is 30.2 Å². The van der Waals surface area contributed by atoms with Gasteiger partial charge in [-0.25, -0.2) is 14.4 Å². The van der Waals surface area contributed by atoms with Crippen molar-refractivity contribution >= 4 is 27.8 Å². The molecule has 0 radical (unpaired) electrons. The molecule has 6 aromatic rings. The summed E-state index contributed by atoms with van der Waals surface area (Å²) in [5.41, 5.74) is 0.324. The van der Waals surface area contributed by atoms with Crippen molar-refractivity contribution < 1.29 is 27.1 Å². The van der Waals surface area contributed by atoms with Crippen molar-refractivity contribution in [2.45, 2.75) is 39.0 Å². The van der Waals surface area contributed by atoms with Crippen molar-refractivity contribution in [3.63, 3.8) is 0 Å². The predicted octanol–water partition coefficient (Wildman–Crippen LogP) is 7.15. The number of halogens is 4. The van der Waals surface area contributed by atoms with Crippen molar-refractivity contribution in [2.24, 2.45) is 0 Å². The molecule has 0 aliphatic carbocycles. The van der Waals surface area contributed by atoms with E-state index in [9.17, 15) is 27.2 Å². The van der Waals surface area contributed by atoms with Crippen LogP contribution in [0, 0.1) is 5.82 Å². The summed E-state index contributed by atoms with van der Waals surface area (Å²) in [5, 5.41) is 1.11. The Bertz CT molecular complexity index is 2140. The van der Waals surface area contributed by atoms with Gasteiger partial charge < -0.3 is 14.6 Å². The van der Waals surface area contributed by atoms with Crippen LogP contribution in [0.3, 0.4) is 0 Å². The van der Waals surface area contributed by atoms with Crippen molar-refractivity contribution in [1.29, 1.82) is 0 Å². The van der Waals surface area contributed by atoms with Crippen LogP contribution >= 0.6 is 0 Å². The van der Waals surface area contributed by atoms with Crippen LogP contribution in [-0.2, 0) is 23.9 Å². The fourth-order valence-electron chi connectivity index (χ4n) is 5.63. The molecule has 0 saturated carbocycles. The number of rotatable bonds is 9. The lowest BCUT2D eigenvalue weighted by Gasteiger charge is -2.31. The Labute approximate surface area is 266 Å². The largest absolute Gasteiger partial charge is 0.494 e. The maximum Gasteiger partial charge on any atom is 0.419 e. The number of aromatic amines is 1. The van der Waals surface area contributed by atoms with E-state index in [1.165, 1.54) is 15.7 Å². The number of aromatic nitrogens is 4. The fourth-order valence-corrected chi connectivity index (χ4v) is 5.63. The normalized spacial score (nSPS) is 12.4. The van der Waals surface area contributed by atoms with Crippen molar-refractivity contribution in [1.82, 2.24) is 24.4 Å². The van der Waals surface area contributed by atoms with Crippen LogP contribution in [0.4, 0.5) is 17.6 Å². The molecule has 240 valence electrons. The molecule has 0 aliphatic heterocycles. The van der Waals surface area contributed by atoms with E-state index in [1.807, 2.05) is 31.2 Å². The average Bonchev–Trinajstić information content (AvgIpc) is 3.47. The van der Waals surface area contributed by atoms with Gasteiger partial charge in [-0.05, 0) is 79.6 Å². The second-order valence-electron chi connectivity index (χ2n) is 11.0. The number of carbonyl (C=O) groups is 1. The van der Waals surface area contributed by atoms with E-state index in [0.717, 1.165) is 22.5 Å². The van der Waals surface area contributed by atoms with E-state index in [1.54, 1.807) is 49.5 Å². The fraction of sp³-hybridized carbons (Fsp3) is 0.200. The van der Waals surface area contributed by atoms with Gasteiger partial charge >= 0.3 is 6.18 Å². The summed E-state index contributed by atoms with van der Waals surface area (Å²) < 4.78 is 61.6. The van der Waals surface area contributed by atoms with E-state index in [2.05, 4.69) is 9.97 Å². The lowest BCUT2D eigenvalue weighted by Crippen LogP contribution is -2.38. The molecule has 3 aromatic carbocycles. The van der Waals surface area contributed by atoms with Gasteiger partial charge in [-0.1, -0.05) is 24.3 Å². The summed E-state index contributed by atoms with van der Waals surface area (Å²) in [6, 6.07) is 19.2. The van der Waals surface area contributed by atoms with Crippen molar-refractivity contribution in [2.75, 3.05) is 6.61 Å². The topological polar surface area (TPSA) is 93.1 Å². The van der Waals surface area contributed by atoms with Gasteiger partial charge in [0.2, 0.25) is 5.91 Å². The number of hydrogen-bond donors (Lipinski definition) is 1. The van der Waals surface area contributed by atoms with E-state index >= 15 is 0 Å². The molecule has 1 N–H and O–H groups in total. The summed E-state index contributed by atoms with van der Waals surface area (Å²) in [4.78, 5) is 41.8. The maximum absolute atomic E-state index is 14.1. The molecule has 12 heteroatoms. The van der Waals surface area contributed by atoms with Crippen LogP contribution in [0.5, 0.6) is 5.75 Å². The number of amides is 1. The Kier molecular flexibility index (Phi) is 8.50. The first-order chi connectivity index (χ1) is 22.5. The second kappa shape index (κ2) is 12.7. The van der Waals surface area contributed by atoms with Gasteiger partial charge in [-0.3, -0.25) is 14.2 Å². The van der Waals surface area contributed by atoms with Gasteiger partial charge in [0, 0.05) is 29.8 Å². The zero-order chi connectivity index (χ0) is 33.3. The van der Waals surface area contributed by atoms with Gasteiger partial charge in [0.15, 0.2) is 5.65 Å². The van der Waals surface area contributed by atoms with Gasteiger partial charge in [0.05, 0.1) is 35.7 Å². The number of nitrogens with one attached hydrogen (secondary N) is 1. The Morgan fingerprint density at radius 3 is 2.51 bits per heavy atom. The molecule has 0 unspecified atom stereocenters. The lowest BCUT2D eigenvalue weighted by atomic mass is 10.0. The number of benzene rings is 3. The first-order valence-corrected chi connectivity index (χ1v) is 14.9. The number of nitrogens with zero attached hydrogens (tertiary/aromatic N) is 4. The van der Waals surface area contributed by atoms with Gasteiger partial charge in [0.25, 0.3) is 5.56 Å². The SMILES string of the molecule is CCOc1ccc(-n2c([C@@H](C)N(Cc3c[nH]c4ccccc34)C(=O)Cc3ccc(F)c(C(F)(F)F)c3)nc3ncccc3c2=O)cc1. The summed E-state index contributed by atoms with van der Waals surface area (Å²) in [5.74, 6) is -1.20. The van der Waals surface area contributed by atoms with Crippen LogP contribution in [0.1, 0.15) is 42.4 Å². The van der Waals surface area contributed by atoms with Crippen LogP contribution in [0.15, 0.2) is 96.1 Å². The molecule has 3 aromatic heterocycles. The Balaban J connectivity index is 1.48. The molecule has 1 atom stereocenters. The van der Waals surface area contributed by atoms with E-state index in [4.69, 9.17) is 9.72 Å². The Morgan fingerprint density at radius 1 is 1.02 bits per heavy atom. The summed E-state index contributed by atoms with van der Waals surface area (Å²) >= 11 is 0. The zero-order valence-corrected chi connectivity index (χ0v) is 25.4. The molecule has 0 bridgehead atoms. The second-order valence-corrected chi connectivity index (χ2v) is 11.0. The molecule has 0 fully saturated rings. The summed E-state index contributed by atoms with van der Waals surface area (Å²) in [6.07, 6.45) is -2.14. The van der Waals surface area contributed by atoms with Crippen LogP contribution in [-0.4, -0.2) is 36.9 Å². The van der Waals surface area contributed by atoms with Gasteiger partial charge in [-0.15, -0.1) is 0 Å². The predicted molar refractivity (Wildman–Crippen MR) is 169 cm³/mol. The molecule has 1 amide bonds.